The van der Waals surface area contributed by atoms with Crippen LogP contribution in [0.15, 0.2) is 12.3 Å². The van der Waals surface area contributed by atoms with E-state index >= 15 is 0 Å². The predicted octanol–water partition coefficient (Wildman–Crippen LogP) is 1.71. The number of hydrogen-bond acceptors (Lipinski definition) is 4. The van der Waals surface area contributed by atoms with Crippen LogP contribution >= 0.6 is 0 Å². The Hall–Kier alpha value is -1.13. The lowest BCUT2D eigenvalue weighted by Gasteiger charge is -2.21. The zero-order valence-electron chi connectivity index (χ0n) is 12.5. The highest BCUT2D eigenvalue weighted by Gasteiger charge is 2.42. The lowest BCUT2D eigenvalue weighted by molar-refractivity contribution is 0.133. The molecule has 4 nitrogen and oxygen atoms in total. The van der Waals surface area contributed by atoms with Gasteiger partial charge in [-0.05, 0) is 49.4 Å². The molecule has 0 bridgehead atoms. The van der Waals surface area contributed by atoms with E-state index in [4.69, 9.17) is 0 Å². The van der Waals surface area contributed by atoms with Crippen molar-refractivity contribution < 1.29 is 5.11 Å². The average molecular weight is 275 g/mol. The van der Waals surface area contributed by atoms with Crippen molar-refractivity contribution in [3.63, 3.8) is 0 Å². The maximum atomic E-state index is 10.0. The van der Waals surface area contributed by atoms with Crippen molar-refractivity contribution in [2.45, 2.75) is 39.3 Å². The van der Waals surface area contributed by atoms with Gasteiger partial charge >= 0.3 is 0 Å². The fourth-order valence-corrected chi connectivity index (χ4v) is 3.73. The van der Waals surface area contributed by atoms with Gasteiger partial charge in [0, 0.05) is 31.7 Å². The highest BCUT2D eigenvalue weighted by Crippen LogP contribution is 2.39. The molecule has 0 aromatic carbocycles. The maximum absolute atomic E-state index is 10.0. The zero-order valence-corrected chi connectivity index (χ0v) is 12.5. The van der Waals surface area contributed by atoms with Gasteiger partial charge in [0.25, 0.3) is 0 Å². The molecule has 1 aliphatic heterocycles. The summed E-state index contributed by atoms with van der Waals surface area (Å²) in [6, 6.07) is 2.23. The molecule has 3 rings (SSSR count). The quantitative estimate of drug-likeness (QED) is 0.878. The second-order valence-corrected chi connectivity index (χ2v) is 6.24. The summed E-state index contributed by atoms with van der Waals surface area (Å²) in [7, 11) is 0. The van der Waals surface area contributed by atoms with E-state index in [9.17, 15) is 5.11 Å². The first-order valence-electron chi connectivity index (χ1n) is 7.78. The smallest absolute Gasteiger partial charge is 0.131 e. The number of hydrogen-bond donors (Lipinski definition) is 2. The number of nitrogens with one attached hydrogen (secondary N) is 1. The molecule has 4 heteroatoms. The minimum atomic E-state index is -0.0988. The number of aliphatic hydroxyl groups is 1. The van der Waals surface area contributed by atoms with Crippen LogP contribution < -0.4 is 10.2 Å². The molecule has 1 aromatic heterocycles. The van der Waals surface area contributed by atoms with Gasteiger partial charge in [-0.3, -0.25) is 0 Å². The molecule has 3 atom stereocenters. The summed E-state index contributed by atoms with van der Waals surface area (Å²) in [4.78, 5) is 7.03. The summed E-state index contributed by atoms with van der Waals surface area (Å²) in [5.74, 6) is 2.22. The van der Waals surface area contributed by atoms with Crippen LogP contribution in [0.2, 0.25) is 0 Å². The van der Waals surface area contributed by atoms with Crippen molar-refractivity contribution >= 4 is 5.82 Å². The first kappa shape index (κ1) is 13.8. The third-order valence-electron chi connectivity index (χ3n) is 4.80. The Bertz CT molecular complexity index is 477. The summed E-state index contributed by atoms with van der Waals surface area (Å²) < 4.78 is 0. The van der Waals surface area contributed by atoms with Crippen LogP contribution in [-0.4, -0.2) is 35.8 Å². The monoisotopic (exact) mass is 275 g/mol. The van der Waals surface area contributed by atoms with Gasteiger partial charge < -0.3 is 15.3 Å². The molecule has 2 fully saturated rings. The second-order valence-electron chi connectivity index (χ2n) is 6.24. The van der Waals surface area contributed by atoms with E-state index in [-0.39, 0.29) is 6.10 Å². The summed E-state index contributed by atoms with van der Waals surface area (Å²) in [5, 5.41) is 13.4. The van der Waals surface area contributed by atoms with Gasteiger partial charge in [-0.2, -0.15) is 0 Å². The molecule has 20 heavy (non-hydrogen) atoms. The molecular weight excluding hydrogens is 250 g/mol. The van der Waals surface area contributed by atoms with Crippen molar-refractivity contribution in [2.75, 3.05) is 24.5 Å². The van der Waals surface area contributed by atoms with Gasteiger partial charge in [-0.25, -0.2) is 4.98 Å². The Morgan fingerprint density at radius 3 is 2.95 bits per heavy atom. The van der Waals surface area contributed by atoms with E-state index in [1.54, 1.807) is 0 Å². The number of fused-ring (bicyclic) bond motifs is 1. The summed E-state index contributed by atoms with van der Waals surface area (Å²) in [5.41, 5.74) is 2.49. The molecule has 3 unspecified atom stereocenters. The van der Waals surface area contributed by atoms with Gasteiger partial charge in [0.1, 0.15) is 5.82 Å². The molecule has 0 radical (unpaired) electrons. The molecule has 1 aromatic rings. The van der Waals surface area contributed by atoms with E-state index < -0.39 is 0 Å². The molecule has 0 spiro atoms. The minimum absolute atomic E-state index is 0.0988. The Balaban J connectivity index is 1.72. The third-order valence-corrected chi connectivity index (χ3v) is 4.80. The highest BCUT2D eigenvalue weighted by molar-refractivity contribution is 5.48. The number of anilines is 1. The molecule has 110 valence electrons. The SMILES string of the molecule is CCNCc1cnc(N2CC3CCC(O)C3C2)c(C)c1. The van der Waals surface area contributed by atoms with Crippen LogP contribution in [0.25, 0.3) is 0 Å². The van der Waals surface area contributed by atoms with E-state index in [1.807, 2.05) is 6.20 Å². The normalized spacial score (nSPS) is 28.9. The number of aromatic nitrogens is 1. The average Bonchev–Trinajstić information content (AvgIpc) is 2.99. The summed E-state index contributed by atoms with van der Waals surface area (Å²) >= 11 is 0. The fourth-order valence-electron chi connectivity index (χ4n) is 3.73. The number of aliphatic hydroxyl groups excluding tert-OH is 1. The molecule has 1 saturated heterocycles. The van der Waals surface area contributed by atoms with E-state index in [2.05, 4.69) is 35.1 Å². The van der Waals surface area contributed by atoms with Crippen molar-refractivity contribution in [2.24, 2.45) is 11.8 Å². The van der Waals surface area contributed by atoms with Crippen LogP contribution in [0.5, 0.6) is 0 Å². The third kappa shape index (κ3) is 2.54. The molecule has 1 aliphatic carbocycles. The lowest BCUT2D eigenvalue weighted by atomic mass is 10.00. The van der Waals surface area contributed by atoms with E-state index in [0.717, 1.165) is 38.4 Å². The Morgan fingerprint density at radius 2 is 2.25 bits per heavy atom. The maximum Gasteiger partial charge on any atom is 0.131 e. The predicted molar refractivity (Wildman–Crippen MR) is 80.8 cm³/mol. The van der Waals surface area contributed by atoms with Crippen LogP contribution in [0.3, 0.4) is 0 Å². The fraction of sp³-hybridized carbons (Fsp3) is 0.688. The number of pyridine rings is 1. The van der Waals surface area contributed by atoms with Crippen LogP contribution in [0.1, 0.15) is 30.9 Å². The standard InChI is InChI=1S/C16H25N3O/c1-3-17-7-12-6-11(2)16(18-8-12)19-9-13-4-5-15(20)14(13)10-19/h6,8,13-15,17,20H,3-5,7,9-10H2,1-2H3. The van der Waals surface area contributed by atoms with E-state index in [1.165, 1.54) is 17.5 Å². The number of nitrogens with zero attached hydrogens (tertiary/aromatic N) is 2. The summed E-state index contributed by atoms with van der Waals surface area (Å²) in [6.07, 6.45) is 4.03. The first-order valence-corrected chi connectivity index (χ1v) is 7.78. The molecule has 2 N–H and O–H groups in total. The minimum Gasteiger partial charge on any atom is -0.393 e. The first-order chi connectivity index (χ1) is 9.69. The van der Waals surface area contributed by atoms with Gasteiger partial charge in [0.15, 0.2) is 0 Å². The Kier molecular flexibility index (Phi) is 3.94. The molecule has 2 heterocycles. The molecule has 1 saturated carbocycles. The largest absolute Gasteiger partial charge is 0.393 e. The number of aryl methyl sites for hydroxylation is 1. The molecule has 2 aliphatic rings. The zero-order chi connectivity index (χ0) is 14.1. The van der Waals surface area contributed by atoms with Crippen molar-refractivity contribution in [1.29, 1.82) is 0 Å². The van der Waals surface area contributed by atoms with Crippen LogP contribution in [-0.2, 0) is 6.54 Å². The van der Waals surface area contributed by atoms with E-state index in [0.29, 0.717) is 11.8 Å². The second kappa shape index (κ2) is 5.70. The van der Waals surface area contributed by atoms with Crippen molar-refractivity contribution in [1.82, 2.24) is 10.3 Å². The van der Waals surface area contributed by atoms with Gasteiger partial charge in [0.2, 0.25) is 0 Å². The summed E-state index contributed by atoms with van der Waals surface area (Å²) in [6.45, 7) is 8.14. The van der Waals surface area contributed by atoms with Gasteiger partial charge in [0.05, 0.1) is 6.10 Å². The Labute approximate surface area is 121 Å². The van der Waals surface area contributed by atoms with Crippen molar-refractivity contribution in [3.8, 4) is 0 Å². The van der Waals surface area contributed by atoms with Crippen molar-refractivity contribution in [3.05, 3.63) is 23.4 Å². The topological polar surface area (TPSA) is 48.4 Å². The molecular formula is C16H25N3O. The van der Waals surface area contributed by atoms with Crippen LogP contribution in [0.4, 0.5) is 5.82 Å². The lowest BCUT2D eigenvalue weighted by Crippen LogP contribution is -2.26. The van der Waals surface area contributed by atoms with Gasteiger partial charge in [-0.15, -0.1) is 0 Å². The van der Waals surface area contributed by atoms with Gasteiger partial charge in [-0.1, -0.05) is 6.92 Å². The van der Waals surface area contributed by atoms with Crippen LogP contribution in [0, 0.1) is 18.8 Å². The Morgan fingerprint density at radius 1 is 1.40 bits per heavy atom. The molecule has 0 amide bonds. The highest BCUT2D eigenvalue weighted by atomic mass is 16.3. The number of rotatable bonds is 4.